The first kappa shape index (κ1) is 13.2. The molecule has 5 nitrogen and oxygen atoms in total. The Labute approximate surface area is 108 Å². The van der Waals surface area contributed by atoms with Gasteiger partial charge in [0, 0.05) is 19.0 Å². The third kappa shape index (κ3) is 3.62. The maximum atomic E-state index is 11.8. The van der Waals surface area contributed by atoms with Crippen molar-refractivity contribution in [1.29, 1.82) is 0 Å². The molecule has 1 heterocycles. The molecule has 1 atom stereocenters. The number of hydrogen-bond acceptors (Lipinski definition) is 3. The van der Waals surface area contributed by atoms with E-state index in [0.29, 0.717) is 6.54 Å². The molecular formula is C13H22N2O3. The van der Waals surface area contributed by atoms with E-state index in [2.05, 4.69) is 5.32 Å². The molecule has 2 aliphatic rings. The van der Waals surface area contributed by atoms with E-state index < -0.39 is 11.7 Å². The normalized spacial score (nSPS) is 23.9. The zero-order valence-corrected chi connectivity index (χ0v) is 11.4. The van der Waals surface area contributed by atoms with Crippen LogP contribution in [0, 0.1) is 5.92 Å². The molecule has 1 saturated heterocycles. The smallest absolute Gasteiger partial charge is 0.407 e. The Kier molecular flexibility index (Phi) is 3.50. The molecule has 102 valence electrons. The first-order valence-electron chi connectivity index (χ1n) is 6.63. The van der Waals surface area contributed by atoms with E-state index in [1.165, 1.54) is 0 Å². The fraction of sp³-hybridized carbons (Fsp3) is 0.846. The van der Waals surface area contributed by atoms with Crippen molar-refractivity contribution in [2.45, 2.75) is 51.7 Å². The van der Waals surface area contributed by atoms with Crippen molar-refractivity contribution in [1.82, 2.24) is 10.2 Å². The number of hydrogen-bond donors (Lipinski definition) is 1. The van der Waals surface area contributed by atoms with Gasteiger partial charge in [-0.25, -0.2) is 4.79 Å². The molecule has 0 spiro atoms. The average molecular weight is 254 g/mol. The van der Waals surface area contributed by atoms with Crippen LogP contribution in [0.5, 0.6) is 0 Å². The summed E-state index contributed by atoms with van der Waals surface area (Å²) in [6, 6.07) is 0.0301. The van der Waals surface area contributed by atoms with Gasteiger partial charge in [0.25, 0.3) is 0 Å². The largest absolute Gasteiger partial charge is 0.444 e. The van der Waals surface area contributed by atoms with E-state index in [1.807, 2.05) is 25.7 Å². The van der Waals surface area contributed by atoms with Gasteiger partial charge in [-0.2, -0.15) is 0 Å². The zero-order valence-electron chi connectivity index (χ0n) is 11.4. The highest BCUT2D eigenvalue weighted by atomic mass is 16.6. The predicted molar refractivity (Wildman–Crippen MR) is 67.1 cm³/mol. The van der Waals surface area contributed by atoms with Gasteiger partial charge in [-0.1, -0.05) is 0 Å². The first-order valence-corrected chi connectivity index (χ1v) is 6.63. The van der Waals surface area contributed by atoms with Crippen LogP contribution in [0.4, 0.5) is 4.79 Å². The second-order valence-corrected chi connectivity index (χ2v) is 6.19. The molecule has 5 heteroatoms. The Balaban J connectivity index is 1.75. The molecule has 18 heavy (non-hydrogen) atoms. The molecule has 1 aliphatic heterocycles. The summed E-state index contributed by atoms with van der Waals surface area (Å²) in [7, 11) is 0. The third-order valence-corrected chi connectivity index (χ3v) is 3.15. The number of carbonyl (C=O) groups excluding carboxylic acids is 2. The average Bonchev–Trinajstić information content (AvgIpc) is 2.96. The van der Waals surface area contributed by atoms with E-state index in [0.717, 1.165) is 25.8 Å². The summed E-state index contributed by atoms with van der Waals surface area (Å²) in [5, 5.41) is 2.82. The van der Waals surface area contributed by atoms with Crippen LogP contribution in [0.3, 0.4) is 0 Å². The monoisotopic (exact) mass is 254 g/mol. The Morgan fingerprint density at radius 1 is 1.22 bits per heavy atom. The van der Waals surface area contributed by atoms with Crippen LogP contribution in [-0.2, 0) is 9.53 Å². The van der Waals surface area contributed by atoms with Crippen LogP contribution in [0.2, 0.25) is 0 Å². The molecule has 0 unspecified atom stereocenters. The van der Waals surface area contributed by atoms with E-state index in [9.17, 15) is 9.59 Å². The molecule has 0 aromatic heterocycles. The molecule has 2 amide bonds. The van der Waals surface area contributed by atoms with Crippen LogP contribution in [0.15, 0.2) is 0 Å². The minimum absolute atomic E-state index is 0.0301. The maximum Gasteiger partial charge on any atom is 0.407 e. The van der Waals surface area contributed by atoms with Crippen LogP contribution >= 0.6 is 0 Å². The van der Waals surface area contributed by atoms with Gasteiger partial charge in [-0.15, -0.1) is 0 Å². The second kappa shape index (κ2) is 4.78. The maximum absolute atomic E-state index is 11.8. The molecule has 1 aliphatic carbocycles. The van der Waals surface area contributed by atoms with Gasteiger partial charge in [0.15, 0.2) is 0 Å². The Morgan fingerprint density at radius 3 is 2.44 bits per heavy atom. The quantitative estimate of drug-likeness (QED) is 0.813. The molecule has 0 bridgehead atoms. The van der Waals surface area contributed by atoms with Crippen LogP contribution in [0.25, 0.3) is 0 Å². The van der Waals surface area contributed by atoms with Gasteiger partial charge >= 0.3 is 6.09 Å². The van der Waals surface area contributed by atoms with Gasteiger partial charge in [-0.3, -0.25) is 4.79 Å². The van der Waals surface area contributed by atoms with E-state index in [4.69, 9.17) is 4.74 Å². The Bertz CT molecular complexity index is 345. The van der Waals surface area contributed by atoms with Gasteiger partial charge in [-0.05, 0) is 40.0 Å². The summed E-state index contributed by atoms with van der Waals surface area (Å²) in [5.41, 5.74) is -0.480. The van der Waals surface area contributed by atoms with Crippen molar-refractivity contribution < 1.29 is 14.3 Å². The lowest BCUT2D eigenvalue weighted by atomic mass is 10.2. The summed E-state index contributed by atoms with van der Waals surface area (Å²) < 4.78 is 5.20. The first-order chi connectivity index (χ1) is 8.35. The van der Waals surface area contributed by atoms with Crippen LogP contribution in [0.1, 0.15) is 40.0 Å². The number of nitrogens with one attached hydrogen (secondary N) is 1. The van der Waals surface area contributed by atoms with Crippen molar-refractivity contribution >= 4 is 12.0 Å². The van der Waals surface area contributed by atoms with Gasteiger partial charge < -0.3 is 15.0 Å². The number of ether oxygens (including phenoxy) is 1. The van der Waals surface area contributed by atoms with Crippen LogP contribution in [-0.4, -0.2) is 41.6 Å². The number of carbonyl (C=O) groups is 2. The van der Waals surface area contributed by atoms with E-state index in [1.54, 1.807) is 0 Å². The van der Waals surface area contributed by atoms with E-state index in [-0.39, 0.29) is 17.9 Å². The number of rotatable bonds is 2. The van der Waals surface area contributed by atoms with Gasteiger partial charge in [0.1, 0.15) is 5.60 Å². The summed E-state index contributed by atoms with van der Waals surface area (Å²) in [4.78, 5) is 25.3. The summed E-state index contributed by atoms with van der Waals surface area (Å²) >= 11 is 0. The minimum Gasteiger partial charge on any atom is -0.444 e. The van der Waals surface area contributed by atoms with E-state index >= 15 is 0 Å². The molecule has 0 radical (unpaired) electrons. The zero-order chi connectivity index (χ0) is 13.3. The lowest BCUT2D eigenvalue weighted by Crippen LogP contribution is -2.41. The Hall–Kier alpha value is -1.26. The van der Waals surface area contributed by atoms with Crippen molar-refractivity contribution in [3.8, 4) is 0 Å². The molecule has 0 aromatic carbocycles. The summed E-state index contributed by atoms with van der Waals surface area (Å²) in [6.07, 6.45) is 2.48. The van der Waals surface area contributed by atoms with Crippen molar-refractivity contribution in [3.05, 3.63) is 0 Å². The van der Waals surface area contributed by atoms with Crippen LogP contribution < -0.4 is 5.32 Å². The van der Waals surface area contributed by atoms with Gasteiger partial charge in [0.05, 0.1) is 6.04 Å². The van der Waals surface area contributed by atoms with Gasteiger partial charge in [0.2, 0.25) is 5.91 Å². The highest BCUT2D eigenvalue weighted by Gasteiger charge is 2.37. The minimum atomic E-state index is -0.480. The fourth-order valence-corrected chi connectivity index (χ4v) is 2.14. The highest BCUT2D eigenvalue weighted by Crippen LogP contribution is 2.32. The molecule has 1 saturated carbocycles. The standard InChI is InChI=1S/C13H22N2O3/c1-13(2,3)18-12(17)14-10-6-7-15(8-10)11(16)9-4-5-9/h9-10H,4-8H2,1-3H3,(H,14,17)/t10-/m0/s1. The molecule has 2 rings (SSSR count). The number of likely N-dealkylation sites (tertiary alicyclic amines) is 1. The summed E-state index contributed by atoms with van der Waals surface area (Å²) in [5.74, 6) is 0.508. The molecule has 2 fully saturated rings. The second-order valence-electron chi connectivity index (χ2n) is 6.19. The number of nitrogens with zero attached hydrogens (tertiary/aromatic N) is 1. The molecule has 1 N–H and O–H groups in total. The highest BCUT2D eigenvalue weighted by molar-refractivity contribution is 5.81. The SMILES string of the molecule is CC(C)(C)OC(=O)N[C@H]1CCN(C(=O)C2CC2)C1. The van der Waals surface area contributed by atoms with Crippen molar-refractivity contribution in [2.75, 3.05) is 13.1 Å². The topological polar surface area (TPSA) is 58.6 Å². The lowest BCUT2D eigenvalue weighted by molar-refractivity contribution is -0.131. The third-order valence-electron chi connectivity index (χ3n) is 3.15. The number of amides is 2. The van der Waals surface area contributed by atoms with Crippen molar-refractivity contribution in [3.63, 3.8) is 0 Å². The summed E-state index contributed by atoms with van der Waals surface area (Å²) in [6.45, 7) is 6.88. The lowest BCUT2D eigenvalue weighted by Gasteiger charge is -2.22. The molecular weight excluding hydrogens is 232 g/mol. The fourth-order valence-electron chi connectivity index (χ4n) is 2.14. The Morgan fingerprint density at radius 2 is 1.89 bits per heavy atom. The van der Waals surface area contributed by atoms with Crippen molar-refractivity contribution in [2.24, 2.45) is 5.92 Å². The molecule has 0 aromatic rings. The predicted octanol–water partition coefficient (Wildman–Crippen LogP) is 1.52. The number of alkyl carbamates (subject to hydrolysis) is 1.